The molecule has 2 N–H and O–H groups in total. The molecule has 1 aromatic rings. The van der Waals surface area contributed by atoms with Gasteiger partial charge in [0.2, 0.25) is 5.91 Å². The van der Waals surface area contributed by atoms with E-state index in [0.29, 0.717) is 12.3 Å². The molecule has 8 heteroatoms. The molecule has 0 aliphatic heterocycles. The number of alkyl carbamates (subject to hydrolysis) is 1. The van der Waals surface area contributed by atoms with Gasteiger partial charge in [0.05, 0.1) is 18.8 Å². The van der Waals surface area contributed by atoms with Crippen molar-refractivity contribution < 1.29 is 28.6 Å². The number of hydrogen-bond donors (Lipinski definition) is 2. The SMILES string of the molecule is COC(=O)[C@H](CC1CCCCC1)NC(=O)[C@@H](NC(=O)OCc1ccccc1)[C@@H](C)OC(C)(C)C. The third-order valence-corrected chi connectivity index (χ3v) is 5.87. The predicted molar refractivity (Wildman–Crippen MR) is 129 cm³/mol. The molecule has 0 saturated heterocycles. The van der Waals surface area contributed by atoms with Crippen LogP contribution in [0.25, 0.3) is 0 Å². The van der Waals surface area contributed by atoms with Gasteiger partial charge in [-0.3, -0.25) is 4.79 Å². The molecule has 0 aromatic heterocycles. The van der Waals surface area contributed by atoms with Gasteiger partial charge in [0.1, 0.15) is 18.7 Å². The van der Waals surface area contributed by atoms with Crippen LogP contribution in [0.4, 0.5) is 4.79 Å². The largest absolute Gasteiger partial charge is 0.467 e. The zero-order valence-corrected chi connectivity index (χ0v) is 21.1. The van der Waals surface area contributed by atoms with Crippen LogP contribution >= 0.6 is 0 Å². The van der Waals surface area contributed by atoms with Crippen molar-refractivity contribution in [1.29, 1.82) is 0 Å². The molecule has 8 nitrogen and oxygen atoms in total. The van der Waals surface area contributed by atoms with Crippen LogP contribution in [0.3, 0.4) is 0 Å². The number of amides is 2. The van der Waals surface area contributed by atoms with Crippen LogP contribution in [-0.2, 0) is 30.4 Å². The molecular weight excluding hydrogens is 436 g/mol. The van der Waals surface area contributed by atoms with Crippen molar-refractivity contribution >= 4 is 18.0 Å². The van der Waals surface area contributed by atoms with Gasteiger partial charge < -0.3 is 24.8 Å². The summed E-state index contributed by atoms with van der Waals surface area (Å²) < 4.78 is 16.2. The number of benzene rings is 1. The third-order valence-electron chi connectivity index (χ3n) is 5.87. The Morgan fingerprint density at radius 2 is 1.68 bits per heavy atom. The summed E-state index contributed by atoms with van der Waals surface area (Å²) in [5.74, 6) is -0.656. The smallest absolute Gasteiger partial charge is 0.408 e. The lowest BCUT2D eigenvalue weighted by Gasteiger charge is -2.32. The summed E-state index contributed by atoms with van der Waals surface area (Å²) in [5.41, 5.74) is 0.285. The lowest BCUT2D eigenvalue weighted by molar-refractivity contribution is -0.147. The van der Waals surface area contributed by atoms with Crippen LogP contribution < -0.4 is 10.6 Å². The Balaban J connectivity index is 2.08. The highest BCUT2D eigenvalue weighted by molar-refractivity contribution is 5.90. The summed E-state index contributed by atoms with van der Waals surface area (Å²) in [4.78, 5) is 38.3. The predicted octanol–water partition coefficient (Wildman–Crippen LogP) is 4.11. The minimum Gasteiger partial charge on any atom is -0.467 e. The fourth-order valence-corrected chi connectivity index (χ4v) is 4.29. The van der Waals surface area contributed by atoms with Gasteiger partial charge in [0, 0.05) is 0 Å². The van der Waals surface area contributed by atoms with E-state index in [1.807, 2.05) is 51.1 Å². The zero-order valence-electron chi connectivity index (χ0n) is 21.1. The number of esters is 1. The Bertz CT molecular complexity index is 786. The summed E-state index contributed by atoms with van der Waals surface area (Å²) in [6.45, 7) is 7.38. The number of carbonyl (C=O) groups excluding carboxylic acids is 3. The van der Waals surface area contributed by atoms with Gasteiger partial charge in [0.25, 0.3) is 0 Å². The second kappa shape index (κ2) is 13.3. The zero-order chi connectivity index (χ0) is 25.1. The summed E-state index contributed by atoms with van der Waals surface area (Å²) in [5, 5.41) is 5.42. The Labute approximate surface area is 203 Å². The summed E-state index contributed by atoms with van der Waals surface area (Å²) in [6, 6.07) is 7.43. The highest BCUT2D eigenvalue weighted by Crippen LogP contribution is 2.27. The number of nitrogens with one attached hydrogen (secondary N) is 2. The molecule has 0 spiro atoms. The van der Waals surface area contributed by atoms with Crippen LogP contribution in [0, 0.1) is 5.92 Å². The molecule has 3 atom stereocenters. The molecule has 0 radical (unpaired) electrons. The van der Waals surface area contributed by atoms with Gasteiger partial charge in [0.15, 0.2) is 0 Å². The van der Waals surface area contributed by atoms with Crippen molar-refractivity contribution in [2.75, 3.05) is 7.11 Å². The second-order valence-electron chi connectivity index (χ2n) is 9.94. The Morgan fingerprint density at radius 1 is 1.03 bits per heavy atom. The van der Waals surface area contributed by atoms with Crippen molar-refractivity contribution in [3.8, 4) is 0 Å². The van der Waals surface area contributed by atoms with Crippen LogP contribution in [0.5, 0.6) is 0 Å². The van der Waals surface area contributed by atoms with Crippen molar-refractivity contribution in [2.45, 2.75) is 96.6 Å². The van der Waals surface area contributed by atoms with Crippen LogP contribution in [0.15, 0.2) is 30.3 Å². The number of methoxy groups -OCH3 is 1. The average Bonchev–Trinajstić information content (AvgIpc) is 2.80. The molecule has 2 amide bonds. The van der Waals surface area contributed by atoms with Gasteiger partial charge in [-0.25, -0.2) is 9.59 Å². The third kappa shape index (κ3) is 9.71. The van der Waals surface area contributed by atoms with Gasteiger partial charge in [-0.05, 0) is 45.6 Å². The number of rotatable bonds is 10. The number of carbonyl (C=O) groups is 3. The van der Waals surface area contributed by atoms with E-state index in [1.54, 1.807) is 6.92 Å². The molecule has 1 aliphatic rings. The summed E-state index contributed by atoms with van der Waals surface area (Å²) in [7, 11) is 1.31. The Hall–Kier alpha value is -2.61. The maximum absolute atomic E-state index is 13.3. The van der Waals surface area contributed by atoms with Crippen molar-refractivity contribution in [1.82, 2.24) is 10.6 Å². The quantitative estimate of drug-likeness (QED) is 0.493. The van der Waals surface area contributed by atoms with E-state index in [2.05, 4.69) is 10.6 Å². The highest BCUT2D eigenvalue weighted by Gasteiger charge is 2.34. The molecule has 0 bridgehead atoms. The summed E-state index contributed by atoms with van der Waals surface area (Å²) in [6.07, 6.45) is 4.61. The molecule has 0 unspecified atom stereocenters. The topological polar surface area (TPSA) is 103 Å². The first-order valence-electron chi connectivity index (χ1n) is 12.1. The molecular formula is C26H40N2O6. The fourth-order valence-electron chi connectivity index (χ4n) is 4.29. The van der Waals surface area contributed by atoms with E-state index in [0.717, 1.165) is 31.2 Å². The van der Waals surface area contributed by atoms with E-state index >= 15 is 0 Å². The van der Waals surface area contributed by atoms with E-state index < -0.39 is 41.8 Å². The highest BCUT2D eigenvalue weighted by atomic mass is 16.6. The fraction of sp³-hybridized carbons (Fsp3) is 0.654. The molecule has 1 aromatic carbocycles. The van der Waals surface area contributed by atoms with Crippen molar-refractivity contribution in [3.05, 3.63) is 35.9 Å². The first-order chi connectivity index (χ1) is 16.1. The van der Waals surface area contributed by atoms with Gasteiger partial charge in [-0.15, -0.1) is 0 Å². The standard InChI is InChI=1S/C26H40N2O6/c1-18(34-26(2,3)4)22(28-25(31)33-17-20-14-10-7-11-15-20)23(29)27-21(24(30)32-5)16-19-12-8-6-9-13-19/h7,10-11,14-15,18-19,21-22H,6,8-9,12-13,16-17H2,1-5H3,(H,27,29)(H,28,31)/t18-,21+,22+/m1/s1. The maximum Gasteiger partial charge on any atom is 0.408 e. The van der Waals surface area contributed by atoms with Gasteiger partial charge in [-0.1, -0.05) is 62.4 Å². The van der Waals surface area contributed by atoms with Crippen molar-refractivity contribution in [3.63, 3.8) is 0 Å². The van der Waals surface area contributed by atoms with Gasteiger partial charge in [-0.2, -0.15) is 0 Å². The molecule has 1 fully saturated rings. The maximum atomic E-state index is 13.3. The average molecular weight is 477 g/mol. The van der Waals surface area contributed by atoms with Crippen molar-refractivity contribution in [2.24, 2.45) is 5.92 Å². The Morgan fingerprint density at radius 3 is 2.26 bits per heavy atom. The molecule has 1 saturated carbocycles. The second-order valence-corrected chi connectivity index (χ2v) is 9.94. The van der Waals surface area contributed by atoms with Crippen LogP contribution in [0.1, 0.15) is 71.8 Å². The monoisotopic (exact) mass is 476 g/mol. The minimum absolute atomic E-state index is 0.0714. The van der Waals surface area contributed by atoms with Crippen LogP contribution in [-0.4, -0.2) is 48.9 Å². The van der Waals surface area contributed by atoms with Gasteiger partial charge >= 0.3 is 12.1 Å². The van der Waals surface area contributed by atoms with E-state index in [-0.39, 0.29) is 6.61 Å². The van der Waals surface area contributed by atoms with Crippen LogP contribution in [0.2, 0.25) is 0 Å². The molecule has 2 rings (SSSR count). The lowest BCUT2D eigenvalue weighted by atomic mass is 9.84. The number of hydrogen-bond acceptors (Lipinski definition) is 6. The molecule has 34 heavy (non-hydrogen) atoms. The Kier molecular flexibility index (Phi) is 10.8. The minimum atomic E-state index is -1.05. The first-order valence-corrected chi connectivity index (χ1v) is 12.1. The molecule has 1 aliphatic carbocycles. The lowest BCUT2D eigenvalue weighted by Crippen LogP contribution is -2.57. The molecule has 190 valence electrons. The number of ether oxygens (including phenoxy) is 3. The van der Waals surface area contributed by atoms with E-state index in [1.165, 1.54) is 13.5 Å². The van der Waals surface area contributed by atoms with E-state index in [4.69, 9.17) is 14.2 Å². The molecule has 0 heterocycles. The normalized spacial score (nSPS) is 17.2. The first kappa shape index (κ1) is 27.6. The summed E-state index contributed by atoms with van der Waals surface area (Å²) >= 11 is 0. The van der Waals surface area contributed by atoms with E-state index in [9.17, 15) is 14.4 Å².